The average molecular weight is 449 g/mol. The van der Waals surface area contributed by atoms with E-state index in [1.54, 1.807) is 35.7 Å². The van der Waals surface area contributed by atoms with Gasteiger partial charge in [-0.15, -0.1) is 11.3 Å². The van der Waals surface area contributed by atoms with Crippen LogP contribution in [0.2, 0.25) is 5.02 Å². The Hall–Kier alpha value is -2.68. The number of carbonyl (C=O) groups excluding carboxylic acids is 1. The van der Waals surface area contributed by atoms with Gasteiger partial charge in [-0.1, -0.05) is 23.7 Å². The standard InChI is InChI=1S/C20H14ClFN2O3S2/c21-14-3-1-13(2-4-14)12-24-17-9-10-28-20(17)19(25)18(29(24,26)27)11-23-16-7-5-15(22)6-8-16/h1-11,23H,12H2/b18-11-. The zero-order valence-electron chi connectivity index (χ0n) is 14.8. The zero-order chi connectivity index (χ0) is 20.6. The molecule has 1 N–H and O–H groups in total. The van der Waals surface area contributed by atoms with Gasteiger partial charge in [0.25, 0.3) is 10.0 Å². The molecule has 0 bridgehead atoms. The summed E-state index contributed by atoms with van der Waals surface area (Å²) in [5, 5.41) is 5.01. The minimum Gasteiger partial charge on any atom is -0.360 e. The van der Waals surface area contributed by atoms with Gasteiger partial charge in [-0.05, 0) is 53.4 Å². The fraction of sp³-hybridized carbons (Fsp3) is 0.0500. The van der Waals surface area contributed by atoms with Crippen LogP contribution in [0.3, 0.4) is 0 Å². The Labute approximate surface area is 176 Å². The van der Waals surface area contributed by atoms with Crippen molar-refractivity contribution in [1.82, 2.24) is 0 Å². The Kier molecular flexibility index (Phi) is 5.16. The highest BCUT2D eigenvalue weighted by molar-refractivity contribution is 7.97. The Morgan fingerprint density at radius 2 is 1.76 bits per heavy atom. The summed E-state index contributed by atoms with van der Waals surface area (Å²) in [4.78, 5) is 12.8. The van der Waals surface area contributed by atoms with E-state index < -0.39 is 21.6 Å². The molecule has 0 amide bonds. The molecule has 0 spiro atoms. The monoisotopic (exact) mass is 448 g/mol. The summed E-state index contributed by atoms with van der Waals surface area (Å²) in [7, 11) is -4.10. The van der Waals surface area contributed by atoms with Gasteiger partial charge in [0.05, 0.1) is 12.2 Å². The first-order valence-corrected chi connectivity index (χ1v) is 11.2. The summed E-state index contributed by atoms with van der Waals surface area (Å²) < 4.78 is 40.8. The van der Waals surface area contributed by atoms with Crippen molar-refractivity contribution in [2.75, 3.05) is 9.62 Å². The summed E-state index contributed by atoms with van der Waals surface area (Å²) in [6, 6.07) is 13.8. The van der Waals surface area contributed by atoms with E-state index in [0.717, 1.165) is 11.8 Å². The molecule has 4 rings (SSSR count). The maximum atomic E-state index is 13.2. The normalized spacial score (nSPS) is 16.7. The fourth-order valence-electron chi connectivity index (χ4n) is 2.91. The molecule has 148 valence electrons. The van der Waals surface area contributed by atoms with E-state index in [0.29, 0.717) is 21.3 Å². The predicted octanol–water partition coefficient (Wildman–Crippen LogP) is 5.03. The number of hydrogen-bond donors (Lipinski definition) is 1. The number of thiophene rings is 1. The number of nitrogens with one attached hydrogen (secondary N) is 1. The molecule has 1 aliphatic rings. The average Bonchev–Trinajstić information content (AvgIpc) is 3.17. The summed E-state index contributed by atoms with van der Waals surface area (Å²) in [5.74, 6) is -0.987. The van der Waals surface area contributed by atoms with Crippen LogP contribution in [0.25, 0.3) is 0 Å². The quantitative estimate of drug-likeness (QED) is 0.568. The number of ketones is 1. The second kappa shape index (κ2) is 7.62. The first-order chi connectivity index (χ1) is 13.9. The van der Waals surface area contributed by atoms with Crippen LogP contribution >= 0.6 is 22.9 Å². The second-order valence-electron chi connectivity index (χ2n) is 6.26. The number of anilines is 2. The number of rotatable bonds is 4. The molecule has 0 saturated heterocycles. The molecule has 0 radical (unpaired) electrons. The molecule has 2 heterocycles. The summed E-state index contributed by atoms with van der Waals surface area (Å²) >= 11 is 7.09. The molecule has 0 aliphatic carbocycles. The second-order valence-corrected chi connectivity index (χ2v) is 9.45. The summed E-state index contributed by atoms with van der Waals surface area (Å²) in [5.41, 5.74) is 1.55. The van der Waals surface area contributed by atoms with Crippen molar-refractivity contribution in [2.45, 2.75) is 6.54 Å². The van der Waals surface area contributed by atoms with E-state index >= 15 is 0 Å². The third kappa shape index (κ3) is 3.78. The molecule has 9 heteroatoms. The van der Waals surface area contributed by atoms with Crippen LogP contribution in [0.15, 0.2) is 71.1 Å². The maximum absolute atomic E-state index is 13.2. The third-order valence-electron chi connectivity index (χ3n) is 4.36. The van der Waals surface area contributed by atoms with Crippen molar-refractivity contribution >= 4 is 50.1 Å². The van der Waals surface area contributed by atoms with Crippen LogP contribution in [0.1, 0.15) is 15.2 Å². The summed E-state index contributed by atoms with van der Waals surface area (Å²) in [6.07, 6.45) is 1.16. The largest absolute Gasteiger partial charge is 0.360 e. The van der Waals surface area contributed by atoms with E-state index in [4.69, 9.17) is 11.6 Å². The SMILES string of the molecule is O=C1/C(=C/Nc2ccc(F)cc2)S(=O)(=O)N(Cc2ccc(Cl)cc2)c2ccsc21. The number of sulfonamides is 1. The minimum atomic E-state index is -4.10. The van der Waals surface area contributed by atoms with Gasteiger partial charge in [0.2, 0.25) is 5.78 Å². The van der Waals surface area contributed by atoms with Gasteiger partial charge in [0.1, 0.15) is 10.7 Å². The van der Waals surface area contributed by atoms with Crippen LogP contribution in [-0.2, 0) is 16.6 Å². The Bertz CT molecular complexity index is 1200. The molecule has 0 unspecified atom stereocenters. The topological polar surface area (TPSA) is 66.5 Å². The Morgan fingerprint density at radius 1 is 1.07 bits per heavy atom. The number of benzene rings is 2. The van der Waals surface area contributed by atoms with Gasteiger partial charge in [-0.25, -0.2) is 12.8 Å². The molecule has 1 aromatic heterocycles. The number of nitrogens with zero attached hydrogens (tertiary/aromatic N) is 1. The third-order valence-corrected chi connectivity index (χ3v) is 7.28. The van der Waals surface area contributed by atoms with Crippen molar-refractivity contribution in [3.05, 3.63) is 92.4 Å². The highest BCUT2D eigenvalue weighted by atomic mass is 35.5. The molecular weight excluding hydrogens is 435 g/mol. The van der Waals surface area contributed by atoms with Crippen LogP contribution in [0.5, 0.6) is 0 Å². The fourth-order valence-corrected chi connectivity index (χ4v) is 5.52. The lowest BCUT2D eigenvalue weighted by atomic mass is 10.2. The highest BCUT2D eigenvalue weighted by Crippen LogP contribution is 2.39. The molecule has 29 heavy (non-hydrogen) atoms. The van der Waals surface area contributed by atoms with Crippen molar-refractivity contribution < 1.29 is 17.6 Å². The van der Waals surface area contributed by atoms with E-state index in [-0.39, 0.29) is 11.4 Å². The highest BCUT2D eigenvalue weighted by Gasteiger charge is 2.41. The Morgan fingerprint density at radius 3 is 2.45 bits per heavy atom. The molecule has 5 nitrogen and oxygen atoms in total. The lowest BCUT2D eigenvalue weighted by Crippen LogP contribution is -2.38. The first kappa shape index (κ1) is 19.6. The van der Waals surface area contributed by atoms with Gasteiger partial charge >= 0.3 is 0 Å². The summed E-state index contributed by atoms with van der Waals surface area (Å²) in [6.45, 7) is 0.0599. The number of hydrogen-bond acceptors (Lipinski definition) is 5. The number of fused-ring (bicyclic) bond motifs is 1. The van der Waals surface area contributed by atoms with Crippen molar-refractivity contribution in [3.8, 4) is 0 Å². The molecule has 1 aliphatic heterocycles. The van der Waals surface area contributed by atoms with Gasteiger partial charge in [0, 0.05) is 16.9 Å². The van der Waals surface area contributed by atoms with Gasteiger partial charge in [-0.2, -0.15) is 0 Å². The van der Waals surface area contributed by atoms with E-state index in [1.807, 2.05) is 0 Å². The number of allylic oxidation sites excluding steroid dienone is 1. The smallest absolute Gasteiger partial charge is 0.270 e. The number of Topliss-reactive ketones (excluding diaryl/α,β-unsaturated/α-hetero) is 1. The number of halogens is 2. The van der Waals surface area contributed by atoms with Crippen LogP contribution < -0.4 is 9.62 Å². The van der Waals surface area contributed by atoms with Crippen molar-refractivity contribution in [3.63, 3.8) is 0 Å². The van der Waals surface area contributed by atoms with Crippen molar-refractivity contribution in [1.29, 1.82) is 0 Å². The van der Waals surface area contributed by atoms with E-state index in [9.17, 15) is 17.6 Å². The van der Waals surface area contributed by atoms with Gasteiger partial charge < -0.3 is 5.32 Å². The van der Waals surface area contributed by atoms with Gasteiger partial charge in [-0.3, -0.25) is 9.10 Å². The van der Waals surface area contributed by atoms with Crippen LogP contribution in [0, 0.1) is 5.82 Å². The molecule has 3 aromatic rings. The van der Waals surface area contributed by atoms with Crippen LogP contribution in [0.4, 0.5) is 15.8 Å². The minimum absolute atomic E-state index is 0.0599. The van der Waals surface area contributed by atoms with E-state index in [2.05, 4.69) is 5.32 Å². The zero-order valence-corrected chi connectivity index (χ0v) is 17.2. The lowest BCUT2D eigenvalue weighted by Gasteiger charge is -2.29. The lowest BCUT2D eigenvalue weighted by molar-refractivity contribution is 0.104. The Balaban J connectivity index is 1.73. The maximum Gasteiger partial charge on any atom is 0.270 e. The molecule has 0 atom stereocenters. The van der Waals surface area contributed by atoms with Crippen LogP contribution in [-0.4, -0.2) is 14.2 Å². The van der Waals surface area contributed by atoms with Gasteiger partial charge in [0.15, 0.2) is 4.91 Å². The molecule has 0 fully saturated rings. The molecule has 0 saturated carbocycles. The first-order valence-electron chi connectivity index (χ1n) is 8.48. The van der Waals surface area contributed by atoms with E-state index in [1.165, 1.54) is 39.9 Å². The number of carbonyl (C=O) groups is 1. The molecule has 2 aromatic carbocycles. The van der Waals surface area contributed by atoms with Crippen molar-refractivity contribution in [2.24, 2.45) is 0 Å². The predicted molar refractivity (Wildman–Crippen MR) is 113 cm³/mol. The molecular formula is C20H14ClFN2O3S2.